The standard InChI is InChI=1S/C21H23F4N3O2/c1-3-26-20(29)13(2)14-4-6-15(7-5-14)30-16-10-11-28(12-16)18-9-8-17(22)19(27-18)21(23,24)25/h4-9,13,16H,3,10-12H2,1-2H3,(H,26,29)/t13?,16-/m1/s1. The highest BCUT2D eigenvalue weighted by atomic mass is 19.4. The van der Waals surface area contributed by atoms with Crippen molar-refractivity contribution in [2.75, 3.05) is 24.5 Å². The summed E-state index contributed by atoms with van der Waals surface area (Å²) >= 11 is 0. The van der Waals surface area contributed by atoms with Crippen LogP contribution < -0.4 is 15.0 Å². The molecule has 2 aromatic rings. The average Bonchev–Trinajstić information content (AvgIpc) is 3.16. The summed E-state index contributed by atoms with van der Waals surface area (Å²) in [6.45, 7) is 5.04. The van der Waals surface area contributed by atoms with Gasteiger partial charge in [-0.15, -0.1) is 0 Å². The van der Waals surface area contributed by atoms with E-state index in [1.54, 1.807) is 17.0 Å². The molecule has 9 heteroatoms. The first-order valence-electron chi connectivity index (χ1n) is 9.72. The van der Waals surface area contributed by atoms with Crippen molar-refractivity contribution in [3.05, 3.63) is 53.5 Å². The van der Waals surface area contributed by atoms with Crippen LogP contribution in [0.25, 0.3) is 0 Å². The Balaban J connectivity index is 1.62. The summed E-state index contributed by atoms with van der Waals surface area (Å²) < 4.78 is 58.0. The Hall–Kier alpha value is -2.84. The lowest BCUT2D eigenvalue weighted by Crippen LogP contribution is -2.27. The number of aromatic nitrogens is 1. The second kappa shape index (κ2) is 8.89. The predicted molar refractivity (Wildman–Crippen MR) is 104 cm³/mol. The zero-order valence-electron chi connectivity index (χ0n) is 16.7. The van der Waals surface area contributed by atoms with Crippen molar-refractivity contribution in [2.24, 2.45) is 0 Å². The fourth-order valence-electron chi connectivity index (χ4n) is 3.35. The van der Waals surface area contributed by atoms with Gasteiger partial charge < -0.3 is 15.0 Å². The van der Waals surface area contributed by atoms with E-state index in [0.29, 0.717) is 31.8 Å². The number of hydrogen-bond acceptors (Lipinski definition) is 4. The Labute approximate surface area is 172 Å². The molecule has 1 amide bonds. The lowest BCUT2D eigenvalue weighted by molar-refractivity contribution is -0.143. The molecule has 0 spiro atoms. The predicted octanol–water partition coefficient (Wildman–Crippen LogP) is 4.14. The minimum Gasteiger partial charge on any atom is -0.489 e. The minimum absolute atomic E-state index is 0.0531. The Bertz CT molecular complexity index is 887. The van der Waals surface area contributed by atoms with Gasteiger partial charge in [-0.3, -0.25) is 4.79 Å². The maximum atomic E-state index is 13.4. The molecule has 1 fully saturated rings. The van der Waals surface area contributed by atoms with Crippen molar-refractivity contribution in [1.82, 2.24) is 10.3 Å². The molecule has 0 saturated carbocycles. The monoisotopic (exact) mass is 425 g/mol. The van der Waals surface area contributed by atoms with Crippen molar-refractivity contribution >= 4 is 11.7 Å². The lowest BCUT2D eigenvalue weighted by Gasteiger charge is -2.19. The van der Waals surface area contributed by atoms with Gasteiger partial charge in [0.25, 0.3) is 0 Å². The second-order valence-electron chi connectivity index (χ2n) is 7.16. The van der Waals surface area contributed by atoms with E-state index < -0.39 is 17.7 Å². The molecule has 162 valence electrons. The fraction of sp³-hybridized carbons (Fsp3) is 0.429. The first-order valence-corrected chi connectivity index (χ1v) is 9.72. The number of nitrogens with zero attached hydrogens (tertiary/aromatic N) is 2. The number of alkyl halides is 3. The molecular formula is C21H23F4N3O2. The molecule has 0 radical (unpaired) electrons. The topological polar surface area (TPSA) is 54.5 Å². The number of nitrogens with one attached hydrogen (secondary N) is 1. The number of likely N-dealkylation sites (N-methyl/N-ethyl adjacent to an activating group) is 1. The summed E-state index contributed by atoms with van der Waals surface area (Å²) in [4.78, 5) is 17.0. The van der Waals surface area contributed by atoms with E-state index in [1.165, 1.54) is 6.07 Å². The van der Waals surface area contributed by atoms with Crippen molar-refractivity contribution < 1.29 is 27.1 Å². The van der Waals surface area contributed by atoms with E-state index in [-0.39, 0.29) is 23.7 Å². The first-order chi connectivity index (χ1) is 14.2. The maximum Gasteiger partial charge on any atom is 0.436 e. The van der Waals surface area contributed by atoms with Crippen molar-refractivity contribution in [3.63, 3.8) is 0 Å². The van der Waals surface area contributed by atoms with E-state index in [1.807, 2.05) is 26.0 Å². The number of carbonyl (C=O) groups excluding carboxylic acids is 1. The summed E-state index contributed by atoms with van der Waals surface area (Å²) in [5.74, 6) is -1.05. The molecule has 1 saturated heterocycles. The van der Waals surface area contributed by atoms with Crippen LogP contribution in [0.5, 0.6) is 5.75 Å². The quantitative estimate of drug-likeness (QED) is 0.707. The Morgan fingerprint density at radius 2 is 1.97 bits per heavy atom. The van der Waals surface area contributed by atoms with Crippen LogP contribution in [-0.2, 0) is 11.0 Å². The van der Waals surface area contributed by atoms with Gasteiger partial charge in [0.2, 0.25) is 5.91 Å². The number of ether oxygens (including phenoxy) is 1. The SMILES string of the molecule is CCNC(=O)C(C)c1ccc(O[C@@H]2CCN(c3ccc(F)c(C(F)(F)F)n3)C2)cc1. The van der Waals surface area contributed by atoms with Crippen molar-refractivity contribution in [1.29, 1.82) is 0 Å². The van der Waals surface area contributed by atoms with Crippen LogP contribution in [0.15, 0.2) is 36.4 Å². The third-order valence-electron chi connectivity index (χ3n) is 5.00. The molecule has 2 atom stereocenters. The van der Waals surface area contributed by atoms with E-state index >= 15 is 0 Å². The Morgan fingerprint density at radius 1 is 1.27 bits per heavy atom. The minimum atomic E-state index is -4.84. The van der Waals surface area contributed by atoms with E-state index in [2.05, 4.69) is 10.3 Å². The summed E-state index contributed by atoms with van der Waals surface area (Å²) in [5, 5.41) is 2.78. The molecule has 1 aliphatic heterocycles. The summed E-state index contributed by atoms with van der Waals surface area (Å²) in [6.07, 6.45) is -4.49. The number of carbonyl (C=O) groups is 1. The van der Waals surface area contributed by atoms with Crippen molar-refractivity contribution in [3.8, 4) is 5.75 Å². The largest absolute Gasteiger partial charge is 0.489 e. The zero-order valence-corrected chi connectivity index (χ0v) is 16.7. The normalized spacial score (nSPS) is 17.7. The van der Waals surface area contributed by atoms with Crippen molar-refractivity contribution in [2.45, 2.75) is 38.5 Å². The maximum absolute atomic E-state index is 13.4. The van der Waals surface area contributed by atoms with Gasteiger partial charge in [0.15, 0.2) is 11.5 Å². The molecule has 5 nitrogen and oxygen atoms in total. The Kier molecular flexibility index (Phi) is 6.48. The molecule has 1 unspecified atom stereocenters. The molecular weight excluding hydrogens is 402 g/mol. The van der Waals surface area contributed by atoms with Gasteiger partial charge in [0.1, 0.15) is 17.7 Å². The second-order valence-corrected chi connectivity index (χ2v) is 7.16. The fourth-order valence-corrected chi connectivity index (χ4v) is 3.35. The zero-order chi connectivity index (χ0) is 21.9. The van der Waals surface area contributed by atoms with E-state index in [0.717, 1.165) is 11.6 Å². The van der Waals surface area contributed by atoms with Crippen LogP contribution in [0.3, 0.4) is 0 Å². The molecule has 1 N–H and O–H groups in total. The molecule has 3 rings (SSSR count). The third-order valence-corrected chi connectivity index (χ3v) is 5.00. The highest BCUT2D eigenvalue weighted by Crippen LogP contribution is 2.32. The van der Waals surface area contributed by atoms with Gasteiger partial charge in [-0.25, -0.2) is 9.37 Å². The van der Waals surface area contributed by atoms with Crippen LogP contribution in [-0.4, -0.2) is 36.6 Å². The van der Waals surface area contributed by atoms with Gasteiger partial charge in [0.05, 0.1) is 12.5 Å². The van der Waals surface area contributed by atoms with Crippen LogP contribution in [0, 0.1) is 5.82 Å². The average molecular weight is 425 g/mol. The molecule has 2 heterocycles. The van der Waals surface area contributed by atoms with Crippen LogP contribution in [0.1, 0.15) is 37.4 Å². The van der Waals surface area contributed by atoms with E-state index in [4.69, 9.17) is 4.74 Å². The molecule has 30 heavy (non-hydrogen) atoms. The molecule has 0 aliphatic carbocycles. The highest BCUT2D eigenvalue weighted by molar-refractivity contribution is 5.83. The molecule has 1 aromatic heterocycles. The number of hydrogen-bond donors (Lipinski definition) is 1. The molecule has 1 aromatic carbocycles. The lowest BCUT2D eigenvalue weighted by atomic mass is 10.0. The van der Waals surface area contributed by atoms with Gasteiger partial charge in [-0.1, -0.05) is 12.1 Å². The van der Waals surface area contributed by atoms with Gasteiger partial charge in [0, 0.05) is 19.5 Å². The number of anilines is 1. The highest BCUT2D eigenvalue weighted by Gasteiger charge is 2.37. The number of pyridine rings is 1. The molecule has 1 aliphatic rings. The third kappa shape index (κ3) is 5.01. The summed E-state index contributed by atoms with van der Waals surface area (Å²) in [7, 11) is 0. The number of amides is 1. The van der Waals surface area contributed by atoms with Crippen LogP contribution in [0.2, 0.25) is 0 Å². The van der Waals surface area contributed by atoms with Gasteiger partial charge >= 0.3 is 6.18 Å². The smallest absolute Gasteiger partial charge is 0.436 e. The summed E-state index contributed by atoms with van der Waals surface area (Å²) in [6, 6.07) is 9.20. The summed E-state index contributed by atoms with van der Waals surface area (Å²) in [5.41, 5.74) is -0.655. The first kappa shape index (κ1) is 21.9. The van der Waals surface area contributed by atoms with Gasteiger partial charge in [-0.2, -0.15) is 13.2 Å². The van der Waals surface area contributed by atoms with E-state index in [9.17, 15) is 22.4 Å². The van der Waals surface area contributed by atoms with Crippen LogP contribution >= 0.6 is 0 Å². The number of halogens is 4. The number of benzene rings is 1. The number of rotatable bonds is 6. The van der Waals surface area contributed by atoms with Crippen LogP contribution in [0.4, 0.5) is 23.4 Å². The van der Waals surface area contributed by atoms with Gasteiger partial charge in [-0.05, 0) is 43.7 Å². The molecule has 0 bridgehead atoms. The Morgan fingerprint density at radius 3 is 2.60 bits per heavy atom.